The summed E-state index contributed by atoms with van der Waals surface area (Å²) in [4.78, 5) is 55.0. The van der Waals surface area contributed by atoms with E-state index in [1.165, 1.54) is 0 Å². The SMILES string of the molecule is O=C(CCC(=O)OCC(F)(F)P(=O)(O)O)OCC(F)(F)P(=O)(O)O. The van der Waals surface area contributed by atoms with Crippen LogP contribution >= 0.6 is 15.2 Å². The van der Waals surface area contributed by atoms with Gasteiger partial charge < -0.3 is 29.0 Å². The Morgan fingerprint density at radius 2 is 1.00 bits per heavy atom. The fourth-order valence-electron chi connectivity index (χ4n) is 0.851. The Kier molecular flexibility index (Phi) is 7.55. The average molecular weight is 406 g/mol. The molecule has 16 heteroatoms. The van der Waals surface area contributed by atoms with Crippen molar-refractivity contribution in [1.82, 2.24) is 0 Å². The number of carbonyl (C=O) groups is 2. The predicted molar refractivity (Wildman–Crippen MR) is 65.1 cm³/mol. The van der Waals surface area contributed by atoms with Gasteiger partial charge in [0.15, 0.2) is 13.2 Å². The molecule has 0 saturated heterocycles. The van der Waals surface area contributed by atoms with Gasteiger partial charge >= 0.3 is 38.5 Å². The van der Waals surface area contributed by atoms with E-state index in [9.17, 15) is 36.3 Å². The minimum atomic E-state index is -5.87. The standard InChI is InChI=1S/C8H12F4O10P2/c9-7(10,23(15,16)17)3-21-5(13)1-2-6(14)22-4-8(11,12)24(18,19)20/h1-4H2,(H2,15,16,17)(H2,18,19,20). The largest absolute Gasteiger partial charge is 0.458 e. The molecular formula is C8H12F4O10P2. The summed E-state index contributed by atoms with van der Waals surface area (Å²) in [6.07, 6.45) is -1.92. The summed E-state index contributed by atoms with van der Waals surface area (Å²) in [5.41, 5.74) is -9.29. The first-order valence-corrected chi connectivity index (χ1v) is 8.90. The number of hydrogen-bond donors (Lipinski definition) is 4. The van der Waals surface area contributed by atoms with E-state index in [2.05, 4.69) is 9.47 Å². The first-order valence-electron chi connectivity index (χ1n) is 5.68. The molecule has 24 heavy (non-hydrogen) atoms. The van der Waals surface area contributed by atoms with Crippen molar-refractivity contribution in [1.29, 1.82) is 0 Å². The van der Waals surface area contributed by atoms with E-state index < -0.39 is 64.5 Å². The number of ether oxygens (including phenoxy) is 2. The van der Waals surface area contributed by atoms with Crippen LogP contribution in [0.3, 0.4) is 0 Å². The summed E-state index contributed by atoms with van der Waals surface area (Å²) in [7, 11) is -11.7. The van der Waals surface area contributed by atoms with Gasteiger partial charge in [0, 0.05) is 0 Å². The Bertz CT molecular complexity index is 517. The van der Waals surface area contributed by atoms with E-state index in [0.29, 0.717) is 0 Å². The molecule has 0 bridgehead atoms. The second kappa shape index (κ2) is 7.89. The minimum Gasteiger partial charge on any atom is -0.458 e. The summed E-state index contributed by atoms with van der Waals surface area (Å²) in [6.45, 7) is -3.94. The smallest absolute Gasteiger partial charge is 0.398 e. The van der Waals surface area contributed by atoms with Gasteiger partial charge in [0.05, 0.1) is 12.8 Å². The molecule has 0 amide bonds. The van der Waals surface area contributed by atoms with Gasteiger partial charge in [-0.2, -0.15) is 17.6 Å². The summed E-state index contributed by atoms with van der Waals surface area (Å²) >= 11 is 0. The van der Waals surface area contributed by atoms with Crippen LogP contribution in [0.15, 0.2) is 0 Å². The lowest BCUT2D eigenvalue weighted by Gasteiger charge is -2.17. The summed E-state index contributed by atoms with van der Waals surface area (Å²) in [5.74, 6) is -3.02. The maximum absolute atomic E-state index is 12.8. The van der Waals surface area contributed by atoms with E-state index in [0.717, 1.165) is 0 Å². The Morgan fingerprint density at radius 1 is 0.750 bits per heavy atom. The van der Waals surface area contributed by atoms with Crippen molar-refractivity contribution in [2.75, 3.05) is 13.2 Å². The third-order valence-corrected chi connectivity index (χ3v) is 4.16. The molecule has 0 heterocycles. The number of carbonyl (C=O) groups excluding carboxylic acids is 2. The molecule has 142 valence electrons. The van der Waals surface area contributed by atoms with Crippen molar-refractivity contribution in [2.24, 2.45) is 0 Å². The van der Waals surface area contributed by atoms with Crippen molar-refractivity contribution in [3.8, 4) is 0 Å². The Balaban J connectivity index is 4.28. The van der Waals surface area contributed by atoms with Crippen molar-refractivity contribution in [2.45, 2.75) is 24.2 Å². The summed E-state index contributed by atoms with van der Waals surface area (Å²) < 4.78 is 79.4. The summed E-state index contributed by atoms with van der Waals surface area (Å²) in [6, 6.07) is 0. The highest BCUT2D eigenvalue weighted by Gasteiger charge is 2.50. The fourth-order valence-corrected chi connectivity index (χ4v) is 1.32. The molecule has 0 fully saturated rings. The monoisotopic (exact) mass is 406 g/mol. The molecule has 0 spiro atoms. The second-order valence-corrected chi connectivity index (χ2v) is 7.73. The van der Waals surface area contributed by atoms with E-state index in [1.807, 2.05) is 0 Å². The highest BCUT2D eigenvalue weighted by Crippen LogP contribution is 2.53. The third-order valence-electron chi connectivity index (χ3n) is 2.20. The van der Waals surface area contributed by atoms with Gasteiger partial charge in [0.1, 0.15) is 0 Å². The maximum atomic E-state index is 12.8. The van der Waals surface area contributed by atoms with Crippen LogP contribution in [0.1, 0.15) is 12.8 Å². The second-order valence-electron chi connectivity index (χ2n) is 4.24. The normalized spacial score (nSPS) is 13.5. The van der Waals surface area contributed by atoms with Crippen molar-refractivity contribution in [3.63, 3.8) is 0 Å². The average Bonchev–Trinajstić information content (AvgIpc) is 2.38. The van der Waals surface area contributed by atoms with Crippen LogP contribution in [0.25, 0.3) is 0 Å². The molecule has 0 rings (SSSR count). The number of alkyl halides is 4. The predicted octanol–water partition coefficient (Wildman–Crippen LogP) is 0.394. The Labute approximate surface area is 131 Å². The zero-order valence-corrected chi connectivity index (χ0v) is 13.3. The zero-order chi connectivity index (χ0) is 19.4. The molecule has 0 radical (unpaired) electrons. The Morgan fingerprint density at radius 3 is 1.21 bits per heavy atom. The lowest BCUT2D eigenvalue weighted by atomic mass is 10.3. The van der Waals surface area contributed by atoms with Crippen LogP contribution in [-0.4, -0.2) is 56.1 Å². The topological polar surface area (TPSA) is 168 Å². The highest BCUT2D eigenvalue weighted by atomic mass is 31.2. The van der Waals surface area contributed by atoms with Gasteiger partial charge in [-0.1, -0.05) is 0 Å². The lowest BCUT2D eigenvalue weighted by Crippen LogP contribution is -2.27. The number of halogens is 4. The molecule has 0 saturated carbocycles. The number of rotatable bonds is 9. The number of hydrogen-bond acceptors (Lipinski definition) is 6. The van der Waals surface area contributed by atoms with Crippen molar-refractivity contribution < 1.29 is 65.3 Å². The third kappa shape index (κ3) is 7.24. The summed E-state index contributed by atoms with van der Waals surface area (Å²) in [5, 5.41) is 0. The first kappa shape index (κ1) is 23.0. The van der Waals surface area contributed by atoms with Gasteiger partial charge in [-0.3, -0.25) is 18.7 Å². The van der Waals surface area contributed by atoms with E-state index in [-0.39, 0.29) is 0 Å². The van der Waals surface area contributed by atoms with Crippen LogP contribution < -0.4 is 0 Å². The fraction of sp³-hybridized carbons (Fsp3) is 0.750. The van der Waals surface area contributed by atoms with Gasteiger partial charge in [0.25, 0.3) is 0 Å². The van der Waals surface area contributed by atoms with Crippen LogP contribution in [0.5, 0.6) is 0 Å². The van der Waals surface area contributed by atoms with Crippen LogP contribution in [0.2, 0.25) is 0 Å². The van der Waals surface area contributed by atoms with Gasteiger partial charge in [-0.25, -0.2) is 0 Å². The quantitative estimate of drug-likeness (QED) is 0.239. The van der Waals surface area contributed by atoms with Crippen LogP contribution in [0, 0.1) is 0 Å². The molecule has 4 N–H and O–H groups in total. The molecule has 0 aromatic rings. The molecule has 0 aliphatic rings. The van der Waals surface area contributed by atoms with E-state index in [1.54, 1.807) is 0 Å². The van der Waals surface area contributed by atoms with Crippen LogP contribution in [0.4, 0.5) is 17.6 Å². The van der Waals surface area contributed by atoms with Gasteiger partial charge in [-0.15, -0.1) is 0 Å². The molecular weight excluding hydrogens is 394 g/mol. The molecule has 10 nitrogen and oxygen atoms in total. The number of esters is 2. The molecule has 0 aliphatic heterocycles. The molecule has 0 atom stereocenters. The molecule has 0 unspecified atom stereocenters. The van der Waals surface area contributed by atoms with E-state index in [4.69, 9.17) is 19.6 Å². The maximum Gasteiger partial charge on any atom is 0.398 e. The van der Waals surface area contributed by atoms with Crippen molar-refractivity contribution >= 4 is 27.1 Å². The minimum absolute atomic E-state index is 0.961. The highest BCUT2D eigenvalue weighted by molar-refractivity contribution is 7.53. The molecule has 0 aromatic heterocycles. The molecule has 0 aliphatic carbocycles. The van der Waals surface area contributed by atoms with E-state index >= 15 is 0 Å². The van der Waals surface area contributed by atoms with Crippen molar-refractivity contribution in [3.05, 3.63) is 0 Å². The zero-order valence-electron chi connectivity index (χ0n) is 11.5. The van der Waals surface area contributed by atoms with Gasteiger partial charge in [0.2, 0.25) is 0 Å². The Hall–Kier alpha value is -1.04. The van der Waals surface area contributed by atoms with Gasteiger partial charge in [-0.05, 0) is 0 Å². The molecule has 0 aromatic carbocycles. The lowest BCUT2D eigenvalue weighted by molar-refractivity contribution is -0.156. The first-order chi connectivity index (χ1) is 10.5. The van der Waals surface area contributed by atoms with Crippen LogP contribution in [-0.2, 0) is 28.2 Å².